The molecule has 3 aromatic rings. The van der Waals surface area contributed by atoms with E-state index < -0.39 is 0 Å². The van der Waals surface area contributed by atoms with Crippen LogP contribution in [-0.2, 0) is 4.79 Å². The van der Waals surface area contributed by atoms with Crippen molar-refractivity contribution in [2.24, 2.45) is 0 Å². The third-order valence-electron chi connectivity index (χ3n) is 5.99. The smallest absolute Gasteiger partial charge is 0.293 e. The van der Waals surface area contributed by atoms with E-state index in [4.69, 9.17) is 9.15 Å². The first kappa shape index (κ1) is 27.1. The lowest BCUT2D eigenvalue weighted by Gasteiger charge is -2.22. The molecule has 0 saturated carbocycles. The van der Waals surface area contributed by atoms with Crippen molar-refractivity contribution in [2.75, 3.05) is 18.0 Å². The van der Waals surface area contributed by atoms with E-state index in [9.17, 15) is 9.59 Å². The minimum atomic E-state index is -0.217. The van der Waals surface area contributed by atoms with Crippen molar-refractivity contribution in [3.8, 4) is 11.5 Å². The van der Waals surface area contributed by atoms with Crippen molar-refractivity contribution in [3.05, 3.63) is 78.8 Å². The molecule has 0 saturated heterocycles. The van der Waals surface area contributed by atoms with Crippen LogP contribution in [0.3, 0.4) is 0 Å². The number of nitrogens with zero attached hydrogens (tertiary/aromatic N) is 1. The van der Waals surface area contributed by atoms with Gasteiger partial charge in [-0.1, -0.05) is 63.6 Å². The van der Waals surface area contributed by atoms with Crippen molar-refractivity contribution in [1.29, 1.82) is 0 Å². The van der Waals surface area contributed by atoms with Gasteiger partial charge in [-0.05, 0) is 61.4 Å². The lowest BCUT2D eigenvalue weighted by atomic mass is 10.1. The standard InChI is InChI=1S/C30H38N2O4/c1-2-3-4-5-6-7-11-17-29(33)31-22-13-23-32(30(34)28-16-12-24-35-28)25-18-20-27(21-19-25)36-26-14-9-8-10-15-26/h8-10,12,14-16,18-21,24H,2-7,11,13,17,22-23H2,1H3,(H,31,33). The first-order valence-electron chi connectivity index (χ1n) is 13.1. The molecule has 2 amide bonds. The third kappa shape index (κ3) is 9.25. The van der Waals surface area contributed by atoms with Crippen LogP contribution in [0.4, 0.5) is 5.69 Å². The number of rotatable bonds is 16. The normalized spacial score (nSPS) is 10.7. The van der Waals surface area contributed by atoms with E-state index in [2.05, 4.69) is 12.2 Å². The molecule has 0 fully saturated rings. The van der Waals surface area contributed by atoms with E-state index in [1.807, 2.05) is 54.6 Å². The number of nitrogens with one attached hydrogen (secondary N) is 1. The van der Waals surface area contributed by atoms with Crippen LogP contribution < -0.4 is 15.0 Å². The highest BCUT2D eigenvalue weighted by Gasteiger charge is 2.20. The number of anilines is 1. The highest BCUT2D eigenvalue weighted by Crippen LogP contribution is 2.25. The van der Waals surface area contributed by atoms with Crippen LogP contribution in [0.1, 0.15) is 75.3 Å². The average molecular weight is 491 g/mol. The first-order chi connectivity index (χ1) is 17.7. The first-order valence-corrected chi connectivity index (χ1v) is 13.1. The fourth-order valence-corrected chi connectivity index (χ4v) is 4.00. The molecule has 0 aliphatic carbocycles. The summed E-state index contributed by atoms with van der Waals surface area (Å²) in [6.07, 6.45) is 11.0. The zero-order valence-electron chi connectivity index (χ0n) is 21.3. The van der Waals surface area contributed by atoms with Gasteiger partial charge in [0.25, 0.3) is 5.91 Å². The maximum atomic E-state index is 13.1. The Balaban J connectivity index is 1.48. The number of para-hydroxylation sites is 1. The van der Waals surface area contributed by atoms with Gasteiger partial charge in [0.05, 0.1) is 6.26 Å². The van der Waals surface area contributed by atoms with E-state index in [-0.39, 0.29) is 17.6 Å². The van der Waals surface area contributed by atoms with E-state index in [0.717, 1.165) is 24.3 Å². The fourth-order valence-electron chi connectivity index (χ4n) is 4.00. The average Bonchev–Trinajstić information content (AvgIpc) is 3.44. The number of amides is 2. The van der Waals surface area contributed by atoms with E-state index >= 15 is 0 Å². The van der Waals surface area contributed by atoms with Crippen LogP contribution in [0.25, 0.3) is 0 Å². The molecule has 3 rings (SSSR count). The van der Waals surface area contributed by atoms with Crippen molar-refractivity contribution in [1.82, 2.24) is 5.32 Å². The van der Waals surface area contributed by atoms with Gasteiger partial charge in [0, 0.05) is 25.2 Å². The van der Waals surface area contributed by atoms with Gasteiger partial charge in [-0.2, -0.15) is 0 Å². The van der Waals surface area contributed by atoms with Gasteiger partial charge in [-0.3, -0.25) is 9.59 Å². The molecule has 0 spiro atoms. The molecule has 2 aromatic carbocycles. The molecule has 6 heteroatoms. The van der Waals surface area contributed by atoms with Gasteiger partial charge in [-0.25, -0.2) is 0 Å². The largest absolute Gasteiger partial charge is 0.459 e. The van der Waals surface area contributed by atoms with E-state index in [1.165, 1.54) is 38.4 Å². The van der Waals surface area contributed by atoms with Crippen LogP contribution in [0.5, 0.6) is 11.5 Å². The summed E-state index contributed by atoms with van der Waals surface area (Å²) in [4.78, 5) is 26.9. The summed E-state index contributed by atoms with van der Waals surface area (Å²) in [5, 5.41) is 2.99. The van der Waals surface area contributed by atoms with Crippen molar-refractivity contribution < 1.29 is 18.7 Å². The second kappa shape index (κ2) is 15.5. The molecule has 36 heavy (non-hydrogen) atoms. The zero-order valence-corrected chi connectivity index (χ0v) is 21.3. The molecule has 1 aromatic heterocycles. The zero-order chi connectivity index (χ0) is 25.4. The minimum Gasteiger partial charge on any atom is -0.459 e. The van der Waals surface area contributed by atoms with Crippen LogP contribution in [0, 0.1) is 0 Å². The molecule has 6 nitrogen and oxygen atoms in total. The van der Waals surface area contributed by atoms with Gasteiger partial charge in [0.1, 0.15) is 11.5 Å². The van der Waals surface area contributed by atoms with E-state index in [1.54, 1.807) is 17.0 Å². The summed E-state index contributed by atoms with van der Waals surface area (Å²) < 4.78 is 11.2. The Morgan fingerprint density at radius 2 is 1.50 bits per heavy atom. The molecule has 192 valence electrons. The third-order valence-corrected chi connectivity index (χ3v) is 5.99. The van der Waals surface area contributed by atoms with Crippen molar-refractivity contribution in [2.45, 2.75) is 64.7 Å². The van der Waals surface area contributed by atoms with Crippen LogP contribution in [0.2, 0.25) is 0 Å². The van der Waals surface area contributed by atoms with Crippen LogP contribution in [0.15, 0.2) is 77.4 Å². The monoisotopic (exact) mass is 490 g/mol. The van der Waals surface area contributed by atoms with Crippen LogP contribution in [-0.4, -0.2) is 24.9 Å². The molecule has 0 aliphatic rings. The Bertz CT molecular complexity index is 1020. The highest BCUT2D eigenvalue weighted by molar-refractivity contribution is 6.04. The lowest BCUT2D eigenvalue weighted by molar-refractivity contribution is -0.121. The van der Waals surface area contributed by atoms with Gasteiger partial charge in [-0.15, -0.1) is 0 Å². The SMILES string of the molecule is CCCCCCCCCC(=O)NCCCN(C(=O)c1ccco1)c1ccc(Oc2ccccc2)cc1. The van der Waals surface area contributed by atoms with E-state index in [0.29, 0.717) is 31.7 Å². The predicted octanol–water partition coefficient (Wildman–Crippen LogP) is 7.37. The number of hydrogen-bond donors (Lipinski definition) is 1. The quantitative estimate of drug-likeness (QED) is 0.213. The molecule has 1 N–H and O–H groups in total. The second-order valence-corrected chi connectivity index (χ2v) is 8.92. The molecule has 0 atom stereocenters. The maximum Gasteiger partial charge on any atom is 0.293 e. The summed E-state index contributed by atoms with van der Waals surface area (Å²) in [6, 6.07) is 20.3. The Kier molecular flexibility index (Phi) is 11.6. The summed E-state index contributed by atoms with van der Waals surface area (Å²) in [5.41, 5.74) is 0.742. The summed E-state index contributed by atoms with van der Waals surface area (Å²) >= 11 is 0. The molecule has 0 radical (unpaired) electrons. The molecule has 1 heterocycles. The molecule has 0 bridgehead atoms. The van der Waals surface area contributed by atoms with Crippen LogP contribution >= 0.6 is 0 Å². The maximum absolute atomic E-state index is 13.1. The van der Waals surface area contributed by atoms with Crippen molar-refractivity contribution in [3.63, 3.8) is 0 Å². The number of carbonyl (C=O) groups excluding carboxylic acids is 2. The highest BCUT2D eigenvalue weighted by atomic mass is 16.5. The number of unbranched alkanes of at least 4 members (excludes halogenated alkanes) is 6. The minimum absolute atomic E-state index is 0.0786. The predicted molar refractivity (Wildman–Crippen MR) is 144 cm³/mol. The lowest BCUT2D eigenvalue weighted by Crippen LogP contribution is -2.34. The van der Waals surface area contributed by atoms with Gasteiger partial charge >= 0.3 is 0 Å². The van der Waals surface area contributed by atoms with Crippen molar-refractivity contribution >= 4 is 17.5 Å². The molecule has 0 aliphatic heterocycles. The Hall–Kier alpha value is -3.54. The van der Waals surface area contributed by atoms with Gasteiger partial charge in [0.15, 0.2) is 5.76 Å². The molecular weight excluding hydrogens is 452 g/mol. The summed E-state index contributed by atoms with van der Waals surface area (Å²) in [7, 11) is 0. The number of ether oxygens (including phenoxy) is 1. The number of carbonyl (C=O) groups is 2. The Morgan fingerprint density at radius 1 is 0.806 bits per heavy atom. The fraction of sp³-hybridized carbons (Fsp3) is 0.400. The number of benzene rings is 2. The number of hydrogen-bond acceptors (Lipinski definition) is 4. The summed E-state index contributed by atoms with van der Waals surface area (Å²) in [5.74, 6) is 1.58. The summed E-state index contributed by atoms with van der Waals surface area (Å²) in [6.45, 7) is 3.19. The topological polar surface area (TPSA) is 71.8 Å². The molecular formula is C30H38N2O4. The number of furan rings is 1. The Morgan fingerprint density at radius 3 is 2.19 bits per heavy atom. The second-order valence-electron chi connectivity index (χ2n) is 8.92. The Labute approximate surface area is 214 Å². The van der Waals surface area contributed by atoms with Gasteiger partial charge in [0.2, 0.25) is 5.91 Å². The van der Waals surface area contributed by atoms with Gasteiger partial charge < -0.3 is 19.4 Å². The molecule has 0 unspecified atom stereocenters.